The molecular weight excluding hydrogens is 258 g/mol. The number of hydrogen-bond donors (Lipinski definition) is 1. The first-order chi connectivity index (χ1) is 7.62. The SMILES string of the molecule is O=C1N=CN/C1=N\N=C(C(F)(F)F)C(F)(F)F. The third-order valence-electron chi connectivity index (χ3n) is 1.37. The lowest BCUT2D eigenvalue weighted by atomic mass is 10.3. The van der Waals surface area contributed by atoms with E-state index in [9.17, 15) is 31.1 Å². The number of rotatable bonds is 1. The zero-order valence-electron chi connectivity index (χ0n) is 7.60. The van der Waals surface area contributed by atoms with E-state index in [1.165, 1.54) is 0 Å². The lowest BCUT2D eigenvalue weighted by Gasteiger charge is -2.11. The van der Waals surface area contributed by atoms with Crippen molar-refractivity contribution in [3.8, 4) is 0 Å². The fourth-order valence-electron chi connectivity index (χ4n) is 0.721. The number of nitrogens with zero attached hydrogens (tertiary/aromatic N) is 3. The Bertz CT molecular complexity index is 401. The van der Waals surface area contributed by atoms with E-state index in [0.29, 0.717) is 0 Å². The van der Waals surface area contributed by atoms with Gasteiger partial charge >= 0.3 is 18.3 Å². The van der Waals surface area contributed by atoms with Gasteiger partial charge in [0.25, 0.3) is 0 Å². The summed E-state index contributed by atoms with van der Waals surface area (Å²) < 4.78 is 71.6. The van der Waals surface area contributed by atoms with Gasteiger partial charge in [0, 0.05) is 0 Å². The van der Waals surface area contributed by atoms with Crippen LogP contribution in [0.15, 0.2) is 15.2 Å². The third kappa shape index (κ3) is 3.26. The molecular formula is C6H2F6N4O. The van der Waals surface area contributed by atoms with Crippen molar-refractivity contribution in [1.82, 2.24) is 5.32 Å². The van der Waals surface area contributed by atoms with Crippen LogP contribution in [0.25, 0.3) is 0 Å². The van der Waals surface area contributed by atoms with E-state index in [1.54, 1.807) is 0 Å². The summed E-state index contributed by atoms with van der Waals surface area (Å²) in [6.45, 7) is 0. The molecule has 1 rings (SSSR count). The summed E-state index contributed by atoms with van der Waals surface area (Å²) in [5.74, 6) is -1.94. The quantitative estimate of drug-likeness (QED) is 0.434. The van der Waals surface area contributed by atoms with Gasteiger partial charge in [-0.05, 0) is 0 Å². The zero-order chi connectivity index (χ0) is 13.3. The minimum atomic E-state index is -5.72. The number of nitrogens with one attached hydrogen (secondary N) is 1. The molecule has 1 heterocycles. The molecule has 0 atom stereocenters. The molecule has 0 saturated carbocycles. The van der Waals surface area contributed by atoms with Crippen LogP contribution in [0.5, 0.6) is 0 Å². The molecule has 1 amide bonds. The number of carbonyl (C=O) groups excluding carboxylic acids is 1. The van der Waals surface area contributed by atoms with Gasteiger partial charge in [-0.2, -0.15) is 31.3 Å². The molecule has 0 fully saturated rings. The Morgan fingerprint density at radius 3 is 2.06 bits per heavy atom. The van der Waals surface area contributed by atoms with Gasteiger partial charge in [0.15, 0.2) is 0 Å². The van der Waals surface area contributed by atoms with Crippen molar-refractivity contribution < 1.29 is 31.1 Å². The van der Waals surface area contributed by atoms with E-state index in [4.69, 9.17) is 0 Å². The van der Waals surface area contributed by atoms with Gasteiger partial charge in [-0.25, -0.2) is 0 Å². The van der Waals surface area contributed by atoms with Crippen molar-refractivity contribution in [2.75, 3.05) is 0 Å². The summed E-state index contributed by atoms with van der Waals surface area (Å²) in [6, 6.07) is 0. The van der Waals surface area contributed by atoms with E-state index in [-0.39, 0.29) is 0 Å². The molecule has 0 unspecified atom stereocenters. The average Bonchev–Trinajstić information content (AvgIpc) is 2.47. The highest BCUT2D eigenvalue weighted by Gasteiger charge is 2.53. The highest BCUT2D eigenvalue weighted by molar-refractivity contribution is 6.44. The number of aliphatic imine (C=N–C) groups is 1. The lowest BCUT2D eigenvalue weighted by Crippen LogP contribution is -2.37. The van der Waals surface area contributed by atoms with E-state index in [0.717, 1.165) is 6.34 Å². The molecule has 1 N–H and O–H groups in total. The van der Waals surface area contributed by atoms with Crippen LogP contribution in [-0.4, -0.2) is 36.1 Å². The van der Waals surface area contributed by atoms with Crippen LogP contribution in [0.4, 0.5) is 26.3 Å². The maximum Gasteiger partial charge on any atom is 0.440 e. The summed E-state index contributed by atoms with van der Waals surface area (Å²) >= 11 is 0. The summed E-state index contributed by atoms with van der Waals surface area (Å²) in [7, 11) is 0. The first-order valence-corrected chi connectivity index (χ1v) is 3.76. The fraction of sp³-hybridized carbons (Fsp3) is 0.333. The van der Waals surface area contributed by atoms with Crippen molar-refractivity contribution in [1.29, 1.82) is 0 Å². The molecule has 0 aromatic rings. The van der Waals surface area contributed by atoms with E-state index in [1.807, 2.05) is 10.4 Å². The minimum absolute atomic E-state index is 0.761. The van der Waals surface area contributed by atoms with E-state index >= 15 is 0 Å². The van der Waals surface area contributed by atoms with Gasteiger partial charge in [0.05, 0.1) is 6.34 Å². The van der Waals surface area contributed by atoms with E-state index in [2.05, 4.69) is 10.1 Å². The van der Waals surface area contributed by atoms with Gasteiger partial charge in [0.2, 0.25) is 11.5 Å². The highest BCUT2D eigenvalue weighted by atomic mass is 19.4. The second-order valence-corrected chi connectivity index (χ2v) is 2.60. The number of carbonyl (C=O) groups is 1. The van der Waals surface area contributed by atoms with Crippen LogP contribution in [0.1, 0.15) is 0 Å². The second kappa shape index (κ2) is 4.14. The fourth-order valence-corrected chi connectivity index (χ4v) is 0.721. The molecule has 0 aromatic carbocycles. The van der Waals surface area contributed by atoms with Gasteiger partial charge in [-0.3, -0.25) is 4.79 Å². The maximum absolute atomic E-state index is 11.9. The number of hydrogen-bond acceptors (Lipinski definition) is 3. The molecule has 0 aromatic heterocycles. The van der Waals surface area contributed by atoms with Gasteiger partial charge in [-0.15, -0.1) is 10.2 Å². The first-order valence-electron chi connectivity index (χ1n) is 3.76. The molecule has 0 spiro atoms. The van der Waals surface area contributed by atoms with Crippen LogP contribution in [0.2, 0.25) is 0 Å². The summed E-state index contributed by atoms with van der Waals surface area (Å²) in [5.41, 5.74) is -3.06. The van der Waals surface area contributed by atoms with Crippen LogP contribution >= 0.6 is 0 Å². The molecule has 1 aliphatic heterocycles. The molecule has 0 saturated heterocycles. The van der Waals surface area contributed by atoms with Crippen LogP contribution in [0, 0.1) is 0 Å². The lowest BCUT2D eigenvalue weighted by molar-refractivity contribution is -0.118. The summed E-state index contributed by atoms with van der Waals surface area (Å²) in [5, 5.41) is 6.44. The third-order valence-corrected chi connectivity index (χ3v) is 1.37. The van der Waals surface area contributed by atoms with Gasteiger partial charge in [0.1, 0.15) is 0 Å². The monoisotopic (exact) mass is 260 g/mol. The Morgan fingerprint density at radius 2 is 1.71 bits per heavy atom. The zero-order valence-corrected chi connectivity index (χ0v) is 7.60. The molecule has 11 heteroatoms. The Kier molecular flexibility index (Phi) is 3.20. The first kappa shape index (κ1) is 13.1. The number of amidine groups is 1. The molecule has 0 bridgehead atoms. The Morgan fingerprint density at radius 1 is 1.18 bits per heavy atom. The average molecular weight is 260 g/mol. The van der Waals surface area contributed by atoms with Gasteiger partial charge < -0.3 is 5.32 Å². The second-order valence-electron chi connectivity index (χ2n) is 2.60. The van der Waals surface area contributed by atoms with Crippen LogP contribution in [0.3, 0.4) is 0 Å². The predicted octanol–water partition coefficient (Wildman–Crippen LogP) is 1.02. The molecule has 0 radical (unpaired) electrons. The van der Waals surface area contributed by atoms with Crippen molar-refractivity contribution >= 4 is 23.8 Å². The molecule has 94 valence electrons. The topological polar surface area (TPSA) is 66.2 Å². The molecule has 0 aliphatic carbocycles. The number of halogens is 6. The summed E-state index contributed by atoms with van der Waals surface area (Å²) in [6.07, 6.45) is -10.7. The molecule has 17 heavy (non-hydrogen) atoms. The molecule has 5 nitrogen and oxygen atoms in total. The molecule has 1 aliphatic rings. The smallest absolute Gasteiger partial charge is 0.325 e. The number of amides is 1. The van der Waals surface area contributed by atoms with Crippen LogP contribution in [-0.2, 0) is 4.79 Å². The highest BCUT2D eigenvalue weighted by Crippen LogP contribution is 2.30. The largest absolute Gasteiger partial charge is 0.440 e. The summed E-state index contributed by atoms with van der Waals surface area (Å²) in [4.78, 5) is 13.6. The Balaban J connectivity index is 3.05. The standard InChI is InChI=1S/C6H2F6N4O/c7-5(8,9)4(6(10,11)12)16-15-2-3(17)14-1-13-2/h1H,(H,13,14,15,17). The number of alkyl halides is 6. The normalized spacial score (nSPS) is 18.5. The van der Waals surface area contributed by atoms with Crippen molar-refractivity contribution in [2.45, 2.75) is 12.4 Å². The van der Waals surface area contributed by atoms with Crippen molar-refractivity contribution in [2.24, 2.45) is 15.2 Å². The minimum Gasteiger partial charge on any atom is -0.325 e. The Labute approximate surface area is 88.9 Å². The Hall–Kier alpha value is -1.94. The van der Waals surface area contributed by atoms with Gasteiger partial charge in [-0.1, -0.05) is 0 Å². The van der Waals surface area contributed by atoms with E-state index < -0.39 is 29.8 Å². The van der Waals surface area contributed by atoms with Crippen molar-refractivity contribution in [3.63, 3.8) is 0 Å². The van der Waals surface area contributed by atoms with Crippen LogP contribution < -0.4 is 5.32 Å². The van der Waals surface area contributed by atoms with Crippen molar-refractivity contribution in [3.05, 3.63) is 0 Å². The maximum atomic E-state index is 11.9. The predicted molar refractivity (Wildman–Crippen MR) is 43.6 cm³/mol.